The molecule has 0 heterocycles. The first-order chi connectivity index (χ1) is 4.54. The van der Waals surface area contributed by atoms with Crippen LogP contribution in [0.5, 0.6) is 0 Å². The van der Waals surface area contributed by atoms with Gasteiger partial charge < -0.3 is 10.2 Å². The lowest BCUT2D eigenvalue weighted by Gasteiger charge is -1.97. The third-order valence-electron chi connectivity index (χ3n) is 1.02. The van der Waals surface area contributed by atoms with E-state index in [1.54, 1.807) is 0 Å². The third kappa shape index (κ3) is 3.72. The van der Waals surface area contributed by atoms with Crippen LogP contribution in [0.2, 0.25) is 0 Å². The summed E-state index contributed by atoms with van der Waals surface area (Å²) in [6.07, 6.45) is 0.524. The zero-order valence-corrected chi connectivity index (χ0v) is 5.63. The van der Waals surface area contributed by atoms with Gasteiger partial charge in [0.2, 0.25) is 0 Å². The molecule has 0 saturated heterocycles. The Kier molecular flexibility index (Phi) is 3.25. The van der Waals surface area contributed by atoms with E-state index in [2.05, 4.69) is 13.2 Å². The van der Waals surface area contributed by atoms with Gasteiger partial charge in [0.25, 0.3) is 0 Å². The number of hydrogen-bond donors (Lipinski definition) is 2. The molecule has 3 nitrogen and oxygen atoms in total. The fourth-order valence-electron chi connectivity index (χ4n) is 0.402. The van der Waals surface area contributed by atoms with Crippen molar-refractivity contribution < 1.29 is 15.0 Å². The molecule has 0 aromatic heterocycles. The molecular formula is C7H10O3. The molecule has 0 aromatic rings. The predicted octanol–water partition coefficient (Wildman–Crippen LogP) is 1.48. The highest BCUT2D eigenvalue weighted by molar-refractivity contribution is 5.85. The molecule has 0 rings (SSSR count). The van der Waals surface area contributed by atoms with Gasteiger partial charge in [-0.3, -0.25) is 0 Å². The second-order valence-corrected chi connectivity index (χ2v) is 1.97. The molecule has 0 aliphatic carbocycles. The first-order valence-electron chi connectivity index (χ1n) is 2.82. The van der Waals surface area contributed by atoms with Gasteiger partial charge in [0.05, 0.1) is 5.76 Å². The van der Waals surface area contributed by atoms with Crippen LogP contribution < -0.4 is 0 Å². The highest BCUT2D eigenvalue weighted by atomic mass is 16.4. The van der Waals surface area contributed by atoms with E-state index in [1.165, 1.54) is 0 Å². The summed E-state index contributed by atoms with van der Waals surface area (Å²) in [6.45, 7) is 6.48. The molecule has 0 aliphatic heterocycles. The Morgan fingerprint density at radius 2 is 1.70 bits per heavy atom. The number of aliphatic hydroxyl groups is 1. The van der Waals surface area contributed by atoms with Crippen LogP contribution in [0.4, 0.5) is 0 Å². The van der Waals surface area contributed by atoms with E-state index < -0.39 is 5.97 Å². The van der Waals surface area contributed by atoms with Crippen molar-refractivity contribution in [3.8, 4) is 0 Å². The summed E-state index contributed by atoms with van der Waals surface area (Å²) in [5.74, 6) is -1.04. The molecular weight excluding hydrogens is 132 g/mol. The molecule has 0 unspecified atom stereocenters. The lowest BCUT2D eigenvalue weighted by Crippen LogP contribution is -1.98. The summed E-state index contributed by atoms with van der Waals surface area (Å²) < 4.78 is 0. The second kappa shape index (κ2) is 3.71. The lowest BCUT2D eigenvalue weighted by atomic mass is 10.1. The molecule has 2 N–H and O–H groups in total. The van der Waals surface area contributed by atoms with Crippen molar-refractivity contribution in [1.29, 1.82) is 0 Å². The average Bonchev–Trinajstić information content (AvgIpc) is 1.82. The van der Waals surface area contributed by atoms with Crippen LogP contribution in [0.3, 0.4) is 0 Å². The average molecular weight is 142 g/mol. The zero-order valence-electron chi connectivity index (χ0n) is 5.63. The van der Waals surface area contributed by atoms with Gasteiger partial charge in [0, 0.05) is 12.0 Å². The van der Waals surface area contributed by atoms with Crippen LogP contribution in [0.1, 0.15) is 12.8 Å². The summed E-state index contributed by atoms with van der Waals surface area (Å²) in [7, 11) is 0. The molecule has 3 heteroatoms. The molecule has 0 bridgehead atoms. The number of hydrogen-bond acceptors (Lipinski definition) is 2. The molecule has 0 atom stereocenters. The van der Waals surface area contributed by atoms with Crippen molar-refractivity contribution in [2.24, 2.45) is 0 Å². The minimum atomic E-state index is -1.03. The SMILES string of the molecule is C=C(O)CCC(=C)C(=O)O. The lowest BCUT2D eigenvalue weighted by molar-refractivity contribution is -0.132. The Labute approximate surface area is 59.3 Å². The van der Waals surface area contributed by atoms with Crippen LogP contribution >= 0.6 is 0 Å². The van der Waals surface area contributed by atoms with Gasteiger partial charge in [-0.25, -0.2) is 4.79 Å². The summed E-state index contributed by atoms with van der Waals surface area (Å²) >= 11 is 0. The van der Waals surface area contributed by atoms with E-state index >= 15 is 0 Å². The van der Waals surface area contributed by atoms with Gasteiger partial charge in [-0.1, -0.05) is 13.2 Å². The van der Waals surface area contributed by atoms with Gasteiger partial charge in [-0.05, 0) is 6.42 Å². The van der Waals surface area contributed by atoms with E-state index in [4.69, 9.17) is 10.2 Å². The van der Waals surface area contributed by atoms with Crippen LogP contribution in [0.15, 0.2) is 24.5 Å². The minimum absolute atomic E-state index is 0.0117. The van der Waals surface area contributed by atoms with Gasteiger partial charge in [-0.15, -0.1) is 0 Å². The summed E-state index contributed by atoms with van der Waals surface area (Å²) in [4.78, 5) is 10.1. The molecule has 0 saturated carbocycles. The van der Waals surface area contributed by atoms with Crippen LogP contribution in [0, 0.1) is 0 Å². The fourth-order valence-corrected chi connectivity index (χ4v) is 0.402. The van der Waals surface area contributed by atoms with Crippen molar-refractivity contribution in [2.75, 3.05) is 0 Å². The van der Waals surface area contributed by atoms with E-state index in [-0.39, 0.29) is 24.2 Å². The van der Waals surface area contributed by atoms with Crippen LogP contribution in [0.25, 0.3) is 0 Å². The van der Waals surface area contributed by atoms with Gasteiger partial charge in [0.1, 0.15) is 0 Å². The Morgan fingerprint density at radius 1 is 1.20 bits per heavy atom. The Hall–Kier alpha value is -1.25. The quantitative estimate of drug-likeness (QED) is 0.461. The molecule has 56 valence electrons. The number of rotatable bonds is 4. The first-order valence-corrected chi connectivity index (χ1v) is 2.82. The van der Waals surface area contributed by atoms with Gasteiger partial charge in [0.15, 0.2) is 0 Å². The fraction of sp³-hybridized carbons (Fsp3) is 0.286. The normalized spacial score (nSPS) is 8.80. The van der Waals surface area contributed by atoms with Crippen LogP contribution in [-0.2, 0) is 4.79 Å². The number of aliphatic carboxylic acids is 1. The maximum absolute atomic E-state index is 10.1. The maximum Gasteiger partial charge on any atom is 0.330 e. The smallest absolute Gasteiger partial charge is 0.330 e. The molecule has 10 heavy (non-hydrogen) atoms. The van der Waals surface area contributed by atoms with Crippen molar-refractivity contribution in [1.82, 2.24) is 0 Å². The topological polar surface area (TPSA) is 57.5 Å². The van der Waals surface area contributed by atoms with Crippen molar-refractivity contribution in [3.05, 3.63) is 24.5 Å². The molecule has 0 amide bonds. The number of allylic oxidation sites excluding steroid dienone is 1. The number of carboxylic acid groups (broad SMARTS) is 1. The monoisotopic (exact) mass is 142 g/mol. The van der Waals surface area contributed by atoms with E-state index in [1.807, 2.05) is 0 Å². The zero-order chi connectivity index (χ0) is 8.15. The van der Waals surface area contributed by atoms with Crippen molar-refractivity contribution in [3.63, 3.8) is 0 Å². The first kappa shape index (κ1) is 8.75. The van der Waals surface area contributed by atoms with Crippen molar-refractivity contribution >= 4 is 5.97 Å². The minimum Gasteiger partial charge on any atom is -0.513 e. The van der Waals surface area contributed by atoms with E-state index in [0.717, 1.165) is 0 Å². The number of carboxylic acids is 1. The predicted molar refractivity (Wildman–Crippen MR) is 37.8 cm³/mol. The highest BCUT2D eigenvalue weighted by Gasteiger charge is 2.02. The molecule has 0 fully saturated rings. The molecule has 0 spiro atoms. The molecule has 0 aliphatic rings. The standard InChI is InChI=1S/C7H10O3/c1-5(7(9)10)3-4-6(2)8/h8H,1-4H2,(H,9,10). The van der Waals surface area contributed by atoms with Crippen LogP contribution in [-0.4, -0.2) is 16.2 Å². The van der Waals surface area contributed by atoms with Gasteiger partial charge >= 0.3 is 5.97 Å². The van der Waals surface area contributed by atoms with Crippen molar-refractivity contribution in [2.45, 2.75) is 12.8 Å². The number of aliphatic hydroxyl groups excluding tert-OH is 1. The second-order valence-electron chi connectivity index (χ2n) is 1.97. The van der Waals surface area contributed by atoms with Gasteiger partial charge in [-0.2, -0.15) is 0 Å². The van der Waals surface area contributed by atoms with E-state index in [0.29, 0.717) is 0 Å². The third-order valence-corrected chi connectivity index (χ3v) is 1.02. The Bertz CT molecular complexity index is 170. The largest absolute Gasteiger partial charge is 0.513 e. The molecule has 0 radical (unpaired) electrons. The summed E-state index contributed by atoms with van der Waals surface area (Å²) in [5.41, 5.74) is 0.0928. The van der Waals surface area contributed by atoms with E-state index in [9.17, 15) is 4.79 Å². The summed E-state index contributed by atoms with van der Waals surface area (Å²) in [6, 6.07) is 0. The molecule has 0 aromatic carbocycles. The number of carbonyl (C=O) groups is 1. The Balaban J connectivity index is 3.60. The highest BCUT2D eigenvalue weighted by Crippen LogP contribution is 2.05. The Morgan fingerprint density at radius 3 is 2.00 bits per heavy atom. The summed E-state index contributed by atoms with van der Waals surface area (Å²) in [5, 5.41) is 16.8. The maximum atomic E-state index is 10.1.